The van der Waals surface area contributed by atoms with Gasteiger partial charge in [0.25, 0.3) is 5.56 Å². The van der Waals surface area contributed by atoms with Gasteiger partial charge in [-0.3, -0.25) is 4.79 Å². The summed E-state index contributed by atoms with van der Waals surface area (Å²) in [6.45, 7) is 4.23. The zero-order valence-electron chi connectivity index (χ0n) is 13.9. The molecule has 2 aromatic rings. The minimum Gasteiger partial charge on any atom is -0.465 e. The second-order valence-corrected chi connectivity index (χ2v) is 7.91. The maximum Gasteiger partial charge on any atom is 0.337 e. The fraction of sp³-hybridized carbons (Fsp3) is 0.353. The Hall–Kier alpha value is -1.73. The minimum atomic E-state index is -0.351. The van der Waals surface area contributed by atoms with Gasteiger partial charge in [0.2, 0.25) is 0 Å². The largest absolute Gasteiger partial charge is 0.465 e. The van der Waals surface area contributed by atoms with Crippen LogP contribution in [-0.4, -0.2) is 28.3 Å². The van der Waals surface area contributed by atoms with Crippen molar-refractivity contribution >= 4 is 29.5 Å². The van der Waals surface area contributed by atoms with E-state index >= 15 is 0 Å². The van der Waals surface area contributed by atoms with Crippen LogP contribution in [0.3, 0.4) is 0 Å². The SMILES string of the molecule is COC(=O)c1ccc(CSc2nc(CSC(C)C)cc(=O)[nH]2)cc1. The lowest BCUT2D eigenvalue weighted by Crippen LogP contribution is -2.10. The molecular formula is C17H20N2O3S2. The molecule has 24 heavy (non-hydrogen) atoms. The molecule has 0 saturated heterocycles. The normalized spacial score (nSPS) is 10.8. The topological polar surface area (TPSA) is 72.0 Å². The summed E-state index contributed by atoms with van der Waals surface area (Å²) < 4.78 is 4.68. The Labute approximate surface area is 149 Å². The van der Waals surface area contributed by atoms with Gasteiger partial charge in [0.05, 0.1) is 18.4 Å². The molecule has 0 saturated carbocycles. The van der Waals surface area contributed by atoms with Gasteiger partial charge in [-0.05, 0) is 22.9 Å². The summed E-state index contributed by atoms with van der Waals surface area (Å²) in [5, 5.41) is 1.11. The van der Waals surface area contributed by atoms with E-state index in [1.54, 1.807) is 30.0 Å². The maximum absolute atomic E-state index is 11.8. The molecule has 7 heteroatoms. The number of aromatic amines is 1. The van der Waals surface area contributed by atoms with Gasteiger partial charge in [-0.1, -0.05) is 37.7 Å². The Bertz CT molecular complexity index is 742. The molecule has 1 aromatic heterocycles. The molecule has 5 nitrogen and oxygen atoms in total. The quantitative estimate of drug-likeness (QED) is 0.461. The molecule has 0 radical (unpaired) electrons. The van der Waals surface area contributed by atoms with Crippen LogP contribution >= 0.6 is 23.5 Å². The number of hydrogen-bond donors (Lipinski definition) is 1. The lowest BCUT2D eigenvalue weighted by atomic mass is 10.1. The number of esters is 1. The third-order valence-electron chi connectivity index (χ3n) is 3.09. The molecule has 128 valence electrons. The fourth-order valence-electron chi connectivity index (χ4n) is 1.88. The van der Waals surface area contributed by atoms with Gasteiger partial charge in [0.1, 0.15) is 0 Å². The van der Waals surface area contributed by atoms with Crippen molar-refractivity contribution in [3.8, 4) is 0 Å². The molecule has 2 rings (SSSR count). The van der Waals surface area contributed by atoms with Crippen molar-refractivity contribution in [2.45, 2.75) is 35.8 Å². The van der Waals surface area contributed by atoms with Crippen molar-refractivity contribution in [1.82, 2.24) is 9.97 Å². The summed E-state index contributed by atoms with van der Waals surface area (Å²) in [5.41, 5.74) is 2.22. The van der Waals surface area contributed by atoms with E-state index in [4.69, 9.17) is 0 Å². The lowest BCUT2D eigenvalue weighted by molar-refractivity contribution is 0.0600. The van der Waals surface area contributed by atoms with Crippen LogP contribution in [0.2, 0.25) is 0 Å². The van der Waals surface area contributed by atoms with E-state index in [0.717, 1.165) is 17.0 Å². The lowest BCUT2D eigenvalue weighted by Gasteiger charge is -2.06. The summed E-state index contributed by atoms with van der Waals surface area (Å²) in [4.78, 5) is 30.4. The molecular weight excluding hydrogens is 344 g/mol. The number of hydrogen-bond acceptors (Lipinski definition) is 6. The number of nitrogens with zero attached hydrogens (tertiary/aromatic N) is 1. The number of carbonyl (C=O) groups excluding carboxylic acids is 1. The van der Waals surface area contributed by atoms with E-state index in [-0.39, 0.29) is 11.5 Å². The molecule has 1 aromatic carbocycles. The summed E-state index contributed by atoms with van der Waals surface area (Å²) in [5.74, 6) is 1.03. The minimum absolute atomic E-state index is 0.132. The molecule has 1 heterocycles. The van der Waals surface area contributed by atoms with Crippen LogP contribution in [0.5, 0.6) is 0 Å². The molecule has 0 spiro atoms. The number of carbonyl (C=O) groups is 1. The number of nitrogens with one attached hydrogen (secondary N) is 1. The van der Waals surface area contributed by atoms with E-state index < -0.39 is 0 Å². The van der Waals surface area contributed by atoms with E-state index in [9.17, 15) is 9.59 Å². The highest BCUT2D eigenvalue weighted by atomic mass is 32.2. The predicted molar refractivity (Wildman–Crippen MR) is 98.6 cm³/mol. The van der Waals surface area contributed by atoms with Crippen LogP contribution in [0.1, 0.15) is 35.5 Å². The molecule has 0 aliphatic rings. The highest BCUT2D eigenvalue weighted by Gasteiger charge is 2.07. The monoisotopic (exact) mass is 364 g/mol. The number of thioether (sulfide) groups is 2. The van der Waals surface area contributed by atoms with Gasteiger partial charge in [-0.15, -0.1) is 0 Å². The molecule has 0 unspecified atom stereocenters. The molecule has 0 aliphatic carbocycles. The van der Waals surface area contributed by atoms with E-state index in [1.807, 2.05) is 12.1 Å². The van der Waals surface area contributed by atoms with Crippen LogP contribution in [0, 0.1) is 0 Å². The summed E-state index contributed by atoms with van der Waals surface area (Å²) in [6.07, 6.45) is 0. The second kappa shape index (κ2) is 8.94. The van der Waals surface area contributed by atoms with Gasteiger partial charge in [-0.25, -0.2) is 9.78 Å². The van der Waals surface area contributed by atoms with Crippen molar-refractivity contribution in [2.75, 3.05) is 7.11 Å². The van der Waals surface area contributed by atoms with Crippen molar-refractivity contribution in [3.05, 3.63) is 57.5 Å². The van der Waals surface area contributed by atoms with Crippen LogP contribution < -0.4 is 5.56 Å². The smallest absolute Gasteiger partial charge is 0.337 e. The van der Waals surface area contributed by atoms with Gasteiger partial charge in [0.15, 0.2) is 5.16 Å². The number of rotatable bonds is 7. The third-order valence-corrected chi connectivity index (χ3v) is 5.16. The first-order chi connectivity index (χ1) is 11.5. The average molecular weight is 364 g/mol. The number of benzene rings is 1. The predicted octanol–water partition coefficient (Wildman–Crippen LogP) is 3.49. The molecule has 0 atom stereocenters. The summed E-state index contributed by atoms with van der Waals surface area (Å²) in [7, 11) is 1.36. The van der Waals surface area contributed by atoms with E-state index in [0.29, 0.717) is 21.7 Å². The molecule has 0 aliphatic heterocycles. The van der Waals surface area contributed by atoms with Gasteiger partial charge in [0, 0.05) is 17.6 Å². The van der Waals surface area contributed by atoms with Crippen molar-refractivity contribution < 1.29 is 9.53 Å². The highest BCUT2D eigenvalue weighted by molar-refractivity contribution is 7.99. The first-order valence-electron chi connectivity index (χ1n) is 7.50. The Kier molecular flexibility index (Phi) is 6.93. The summed E-state index contributed by atoms with van der Waals surface area (Å²) >= 11 is 3.22. The van der Waals surface area contributed by atoms with Crippen LogP contribution in [0.15, 0.2) is 40.3 Å². The number of aromatic nitrogens is 2. The fourth-order valence-corrected chi connectivity index (χ4v) is 3.39. The van der Waals surface area contributed by atoms with Gasteiger partial charge < -0.3 is 9.72 Å². The standard InChI is InChI=1S/C17H20N2O3S2/c1-11(2)23-10-14-8-15(20)19-17(18-14)24-9-12-4-6-13(7-5-12)16(21)22-3/h4-8,11H,9-10H2,1-3H3,(H,18,19,20). The Balaban J connectivity index is 2.00. The first-order valence-corrected chi connectivity index (χ1v) is 9.53. The van der Waals surface area contributed by atoms with Gasteiger partial charge in [-0.2, -0.15) is 11.8 Å². The third kappa shape index (κ3) is 5.72. The number of methoxy groups -OCH3 is 1. The molecule has 0 fully saturated rings. The number of ether oxygens (including phenoxy) is 1. The highest BCUT2D eigenvalue weighted by Crippen LogP contribution is 2.21. The molecule has 0 amide bonds. The van der Waals surface area contributed by atoms with E-state index in [1.165, 1.54) is 18.9 Å². The van der Waals surface area contributed by atoms with Crippen LogP contribution in [0.4, 0.5) is 0 Å². The average Bonchev–Trinajstić information content (AvgIpc) is 2.57. The zero-order chi connectivity index (χ0) is 17.5. The molecule has 0 bridgehead atoms. The summed E-state index contributed by atoms with van der Waals surface area (Å²) in [6, 6.07) is 8.75. The van der Waals surface area contributed by atoms with Crippen molar-refractivity contribution in [2.24, 2.45) is 0 Å². The van der Waals surface area contributed by atoms with Gasteiger partial charge >= 0.3 is 5.97 Å². The molecule has 1 N–H and O–H groups in total. The zero-order valence-corrected chi connectivity index (χ0v) is 15.5. The number of H-pyrrole nitrogens is 1. The Morgan fingerprint density at radius 1 is 1.25 bits per heavy atom. The first kappa shape index (κ1) is 18.6. The van der Waals surface area contributed by atoms with Crippen molar-refractivity contribution in [1.29, 1.82) is 0 Å². The van der Waals surface area contributed by atoms with Crippen LogP contribution in [0.25, 0.3) is 0 Å². The Morgan fingerprint density at radius 3 is 2.58 bits per heavy atom. The second-order valence-electron chi connectivity index (χ2n) is 5.38. The van der Waals surface area contributed by atoms with E-state index in [2.05, 4.69) is 28.6 Å². The van der Waals surface area contributed by atoms with Crippen LogP contribution in [-0.2, 0) is 16.2 Å². The van der Waals surface area contributed by atoms with Crippen molar-refractivity contribution in [3.63, 3.8) is 0 Å². The Morgan fingerprint density at radius 2 is 1.96 bits per heavy atom. The maximum atomic E-state index is 11.8.